The molecule has 0 aliphatic heterocycles. The molecule has 1 aromatic carbocycles. The topological polar surface area (TPSA) is 44.5 Å². The summed E-state index contributed by atoms with van der Waals surface area (Å²) in [6.07, 6.45) is 5.94. The third kappa shape index (κ3) is 3.47. The van der Waals surface area contributed by atoms with Crippen LogP contribution in [0.3, 0.4) is 0 Å². The second kappa shape index (κ2) is 6.21. The van der Waals surface area contributed by atoms with Crippen molar-refractivity contribution in [1.82, 2.24) is 0 Å². The molecule has 100 valence electrons. The van der Waals surface area contributed by atoms with E-state index in [2.05, 4.69) is 0 Å². The molecule has 0 spiro atoms. The number of benzene rings is 1. The summed E-state index contributed by atoms with van der Waals surface area (Å²) in [5, 5.41) is 0. The lowest BCUT2D eigenvalue weighted by molar-refractivity contribution is 0.0565. The first-order chi connectivity index (χ1) is 8.73. The van der Waals surface area contributed by atoms with Gasteiger partial charge in [-0.15, -0.1) is 0 Å². The van der Waals surface area contributed by atoms with Gasteiger partial charge in [-0.1, -0.05) is 37.5 Å². The second-order valence-electron chi connectivity index (χ2n) is 5.23. The van der Waals surface area contributed by atoms with Gasteiger partial charge in [0.15, 0.2) is 0 Å². The van der Waals surface area contributed by atoms with Gasteiger partial charge in [-0.3, -0.25) is 0 Å². The number of hydrogen-bond acceptors (Lipinski definition) is 3. The Morgan fingerprint density at radius 2 is 1.89 bits per heavy atom. The summed E-state index contributed by atoms with van der Waals surface area (Å²) in [4.78, 5) is 0. The summed E-state index contributed by atoms with van der Waals surface area (Å²) in [6.45, 7) is 1.22. The maximum Gasteiger partial charge on any atom is 0.124 e. The molecule has 3 heteroatoms. The van der Waals surface area contributed by atoms with E-state index in [1.165, 1.54) is 19.3 Å². The van der Waals surface area contributed by atoms with Gasteiger partial charge in [0, 0.05) is 11.1 Å². The average molecular weight is 249 g/mol. The fraction of sp³-hybridized carbons (Fsp3) is 0.600. The van der Waals surface area contributed by atoms with Crippen molar-refractivity contribution in [2.75, 3.05) is 13.7 Å². The van der Waals surface area contributed by atoms with Gasteiger partial charge < -0.3 is 15.2 Å². The number of ether oxygens (including phenoxy) is 2. The van der Waals surface area contributed by atoms with Crippen LogP contribution in [0.15, 0.2) is 24.3 Å². The molecule has 1 aliphatic rings. The molecular formula is C15H23NO2. The maximum absolute atomic E-state index is 6.34. The van der Waals surface area contributed by atoms with Crippen LogP contribution in [0.2, 0.25) is 0 Å². The Morgan fingerprint density at radius 3 is 2.61 bits per heavy atom. The molecule has 0 heterocycles. The molecule has 1 saturated carbocycles. The largest absolute Gasteiger partial charge is 0.496 e. The molecule has 1 aliphatic carbocycles. The minimum atomic E-state index is -0.111. The van der Waals surface area contributed by atoms with E-state index in [4.69, 9.17) is 15.2 Å². The molecule has 0 amide bonds. The summed E-state index contributed by atoms with van der Waals surface area (Å²) >= 11 is 0. The first kappa shape index (κ1) is 13.4. The van der Waals surface area contributed by atoms with E-state index >= 15 is 0 Å². The van der Waals surface area contributed by atoms with E-state index in [0.717, 1.165) is 24.2 Å². The molecule has 0 bridgehead atoms. The number of para-hydroxylation sites is 1. The Labute approximate surface area is 109 Å². The summed E-state index contributed by atoms with van der Waals surface area (Å²) in [7, 11) is 1.68. The minimum absolute atomic E-state index is 0.111. The average Bonchev–Trinajstić information content (AvgIpc) is 2.40. The van der Waals surface area contributed by atoms with Gasteiger partial charge in [-0.2, -0.15) is 0 Å². The molecule has 0 atom stereocenters. The van der Waals surface area contributed by atoms with Crippen molar-refractivity contribution in [1.29, 1.82) is 0 Å². The molecule has 1 aromatic rings. The first-order valence-electron chi connectivity index (χ1n) is 6.72. The number of rotatable bonds is 5. The number of hydrogen-bond donors (Lipinski definition) is 1. The van der Waals surface area contributed by atoms with Crippen molar-refractivity contribution >= 4 is 0 Å². The molecule has 2 rings (SSSR count). The van der Waals surface area contributed by atoms with Crippen LogP contribution in [-0.2, 0) is 11.3 Å². The highest BCUT2D eigenvalue weighted by atomic mass is 16.5. The standard InChI is InChI=1S/C15H23NO2/c1-17-14-8-4-3-7-13(14)11-18-12-15(16)9-5-2-6-10-15/h3-4,7-8H,2,5-6,9-12,16H2,1H3. The van der Waals surface area contributed by atoms with E-state index in [0.29, 0.717) is 13.2 Å². The Bertz CT molecular complexity index is 373. The number of methoxy groups -OCH3 is 1. The van der Waals surface area contributed by atoms with Crippen LogP contribution in [0.4, 0.5) is 0 Å². The summed E-state index contributed by atoms with van der Waals surface area (Å²) in [5.74, 6) is 0.882. The molecular weight excluding hydrogens is 226 g/mol. The van der Waals surface area contributed by atoms with Gasteiger partial charge in [0.1, 0.15) is 5.75 Å². The van der Waals surface area contributed by atoms with Gasteiger partial charge in [0.05, 0.1) is 20.3 Å². The van der Waals surface area contributed by atoms with Crippen LogP contribution in [0, 0.1) is 0 Å². The highest BCUT2D eigenvalue weighted by Gasteiger charge is 2.27. The van der Waals surface area contributed by atoms with Crippen LogP contribution < -0.4 is 10.5 Å². The zero-order chi connectivity index (χ0) is 12.8. The van der Waals surface area contributed by atoms with Crippen molar-refractivity contribution in [3.8, 4) is 5.75 Å². The van der Waals surface area contributed by atoms with Gasteiger partial charge in [0.25, 0.3) is 0 Å². The second-order valence-corrected chi connectivity index (χ2v) is 5.23. The van der Waals surface area contributed by atoms with E-state index in [1.54, 1.807) is 7.11 Å². The van der Waals surface area contributed by atoms with Gasteiger partial charge in [-0.25, -0.2) is 0 Å². The van der Waals surface area contributed by atoms with Crippen LogP contribution in [0.1, 0.15) is 37.7 Å². The smallest absolute Gasteiger partial charge is 0.124 e. The predicted molar refractivity (Wildman–Crippen MR) is 72.7 cm³/mol. The SMILES string of the molecule is COc1ccccc1COCC1(N)CCCCC1. The van der Waals surface area contributed by atoms with Crippen LogP contribution in [0.5, 0.6) is 5.75 Å². The van der Waals surface area contributed by atoms with E-state index in [1.807, 2.05) is 24.3 Å². The van der Waals surface area contributed by atoms with Crippen LogP contribution in [-0.4, -0.2) is 19.3 Å². The molecule has 2 N–H and O–H groups in total. The lowest BCUT2D eigenvalue weighted by Gasteiger charge is -2.33. The lowest BCUT2D eigenvalue weighted by Crippen LogP contribution is -2.46. The van der Waals surface area contributed by atoms with Crippen molar-refractivity contribution in [3.05, 3.63) is 29.8 Å². The highest BCUT2D eigenvalue weighted by Crippen LogP contribution is 2.27. The van der Waals surface area contributed by atoms with Crippen molar-refractivity contribution < 1.29 is 9.47 Å². The zero-order valence-electron chi connectivity index (χ0n) is 11.2. The van der Waals surface area contributed by atoms with E-state index in [9.17, 15) is 0 Å². The number of nitrogens with two attached hydrogens (primary N) is 1. The Balaban J connectivity index is 1.84. The molecule has 1 fully saturated rings. The molecule has 0 unspecified atom stereocenters. The van der Waals surface area contributed by atoms with Crippen molar-refractivity contribution in [3.63, 3.8) is 0 Å². The first-order valence-corrected chi connectivity index (χ1v) is 6.72. The molecule has 18 heavy (non-hydrogen) atoms. The molecule has 0 radical (unpaired) electrons. The fourth-order valence-electron chi connectivity index (χ4n) is 2.59. The predicted octanol–water partition coefficient (Wildman–Crippen LogP) is 2.87. The monoisotopic (exact) mass is 249 g/mol. The maximum atomic E-state index is 6.34. The molecule has 3 nitrogen and oxygen atoms in total. The molecule has 0 aromatic heterocycles. The van der Waals surface area contributed by atoms with Crippen LogP contribution >= 0.6 is 0 Å². The third-order valence-corrected chi connectivity index (χ3v) is 3.69. The van der Waals surface area contributed by atoms with Gasteiger partial charge in [0.2, 0.25) is 0 Å². The highest BCUT2D eigenvalue weighted by molar-refractivity contribution is 5.32. The quantitative estimate of drug-likeness (QED) is 0.872. The normalized spacial score (nSPS) is 18.6. The van der Waals surface area contributed by atoms with Gasteiger partial charge >= 0.3 is 0 Å². The van der Waals surface area contributed by atoms with Crippen molar-refractivity contribution in [2.24, 2.45) is 5.73 Å². The summed E-state index contributed by atoms with van der Waals surface area (Å²) in [5.41, 5.74) is 7.31. The Kier molecular flexibility index (Phi) is 4.61. The van der Waals surface area contributed by atoms with Crippen LogP contribution in [0.25, 0.3) is 0 Å². The Hall–Kier alpha value is -1.06. The third-order valence-electron chi connectivity index (χ3n) is 3.69. The Morgan fingerprint density at radius 1 is 1.17 bits per heavy atom. The fourth-order valence-corrected chi connectivity index (χ4v) is 2.59. The zero-order valence-corrected chi connectivity index (χ0v) is 11.2. The summed E-state index contributed by atoms with van der Waals surface area (Å²) in [6, 6.07) is 7.95. The summed E-state index contributed by atoms with van der Waals surface area (Å²) < 4.78 is 11.1. The van der Waals surface area contributed by atoms with Gasteiger partial charge in [-0.05, 0) is 18.9 Å². The van der Waals surface area contributed by atoms with E-state index in [-0.39, 0.29) is 5.54 Å². The molecule has 0 saturated heterocycles. The lowest BCUT2D eigenvalue weighted by atomic mass is 9.83. The minimum Gasteiger partial charge on any atom is -0.496 e. The van der Waals surface area contributed by atoms with E-state index < -0.39 is 0 Å². The van der Waals surface area contributed by atoms with Crippen molar-refractivity contribution in [2.45, 2.75) is 44.2 Å².